The van der Waals surface area contributed by atoms with E-state index in [1.165, 1.54) is 96.3 Å². The van der Waals surface area contributed by atoms with Crippen molar-refractivity contribution in [2.24, 2.45) is 5.92 Å². The summed E-state index contributed by atoms with van der Waals surface area (Å²) in [4.78, 5) is 52.9. The first-order valence-electron chi connectivity index (χ1n) is 24.6. The molecule has 0 aromatic rings. The zero-order valence-corrected chi connectivity index (χ0v) is 41.7. The highest BCUT2D eigenvalue weighted by Gasteiger charge is 2.28. The van der Waals surface area contributed by atoms with Gasteiger partial charge in [-0.05, 0) is 38.0 Å². The monoisotopic (exact) mass is 953 g/mol. The van der Waals surface area contributed by atoms with Gasteiger partial charge in [0.25, 0.3) is 0 Å². The minimum Gasteiger partial charge on any atom is -0.462 e. The molecule has 0 aromatic carbocycles. The number of phosphoric acid groups is 2. The lowest BCUT2D eigenvalue weighted by Crippen LogP contribution is -2.30. The first-order chi connectivity index (χ1) is 30.6. The van der Waals surface area contributed by atoms with Gasteiger partial charge in [-0.1, -0.05) is 198 Å². The fourth-order valence-corrected chi connectivity index (χ4v) is 7.99. The standard InChI is InChI=1S/C48H90O14P2/c1-4-5-6-7-20-25-30-35-44(49)36-31-26-23-28-33-38-48(52)62-46(42-61-64(56,57)60-40-45(50)39-59-63(53,54)55)41-58-47(51)37-32-27-22-19-17-15-13-11-9-8-10-12-14-16-18-21-24-29-34-43(2)3/h5-6,20,25,30,35,43-46,49-50H,4,7-19,21-24,26-29,31-34,36-42H2,1-3H3,(H,56,57)(H2,53,54,55)/b6-5+,25-20+,35-30+/t44?,45-,46+/m0/s1. The third-order valence-electron chi connectivity index (χ3n) is 10.6. The number of hydrogen-bond acceptors (Lipinski definition) is 11. The average molecular weight is 953 g/mol. The molecule has 64 heavy (non-hydrogen) atoms. The number of aliphatic hydroxyl groups is 2. The minimum atomic E-state index is -4.88. The average Bonchev–Trinajstić information content (AvgIpc) is 3.24. The first kappa shape index (κ1) is 62.3. The SMILES string of the molecule is CC/C=C/C/C=C/C=C/C(O)CCCCCCCC(=O)O[C@H](COC(=O)CCCCCCCCCCCCCCCCCCCCC(C)C)COP(=O)(O)OC[C@@H](O)COP(=O)(O)O. The Morgan fingerprint density at radius 1 is 0.531 bits per heavy atom. The molecule has 0 spiro atoms. The number of aliphatic hydroxyl groups excluding tert-OH is 2. The number of allylic oxidation sites excluding steroid dienone is 5. The lowest BCUT2D eigenvalue weighted by Gasteiger charge is -2.20. The molecule has 2 unspecified atom stereocenters. The number of unbranched alkanes of at least 4 members (excludes halogenated alkanes) is 21. The zero-order valence-electron chi connectivity index (χ0n) is 39.9. The van der Waals surface area contributed by atoms with Gasteiger partial charge in [-0.25, -0.2) is 9.13 Å². The van der Waals surface area contributed by atoms with Crippen molar-refractivity contribution in [1.82, 2.24) is 0 Å². The van der Waals surface area contributed by atoms with Gasteiger partial charge in [-0.2, -0.15) is 0 Å². The summed E-state index contributed by atoms with van der Waals surface area (Å²) >= 11 is 0. The highest BCUT2D eigenvalue weighted by molar-refractivity contribution is 7.47. The third-order valence-corrected chi connectivity index (χ3v) is 12.0. The van der Waals surface area contributed by atoms with E-state index in [-0.39, 0.29) is 12.8 Å². The molecule has 14 nitrogen and oxygen atoms in total. The Labute approximate surface area is 387 Å². The van der Waals surface area contributed by atoms with Crippen LogP contribution in [0.2, 0.25) is 0 Å². The van der Waals surface area contributed by atoms with Crippen LogP contribution in [-0.2, 0) is 41.8 Å². The molecule has 0 heterocycles. The molecule has 0 fully saturated rings. The largest absolute Gasteiger partial charge is 0.472 e. The summed E-state index contributed by atoms with van der Waals surface area (Å²) in [6.45, 7) is 3.90. The number of esters is 2. The van der Waals surface area contributed by atoms with E-state index in [2.05, 4.69) is 42.0 Å². The van der Waals surface area contributed by atoms with E-state index >= 15 is 0 Å². The van der Waals surface area contributed by atoms with E-state index in [0.29, 0.717) is 19.3 Å². The highest BCUT2D eigenvalue weighted by Crippen LogP contribution is 2.44. The van der Waals surface area contributed by atoms with Gasteiger partial charge in [0.1, 0.15) is 12.7 Å². The molecule has 0 aliphatic rings. The van der Waals surface area contributed by atoms with Crippen LogP contribution in [0.15, 0.2) is 36.5 Å². The van der Waals surface area contributed by atoms with Crippen molar-refractivity contribution in [3.8, 4) is 0 Å². The van der Waals surface area contributed by atoms with E-state index in [1.54, 1.807) is 6.08 Å². The maximum Gasteiger partial charge on any atom is 0.472 e. The fraction of sp³-hybridized carbons (Fsp3) is 0.833. The lowest BCUT2D eigenvalue weighted by molar-refractivity contribution is -0.161. The molecule has 0 aromatic heterocycles. The molecule has 0 aliphatic carbocycles. The van der Waals surface area contributed by atoms with Gasteiger partial charge in [-0.3, -0.25) is 23.2 Å². The highest BCUT2D eigenvalue weighted by atomic mass is 31.2. The van der Waals surface area contributed by atoms with Crippen LogP contribution >= 0.6 is 15.6 Å². The molecule has 0 saturated heterocycles. The van der Waals surface area contributed by atoms with E-state index in [9.17, 15) is 33.8 Å². The van der Waals surface area contributed by atoms with Crippen molar-refractivity contribution in [3.63, 3.8) is 0 Å². The topological polar surface area (TPSA) is 216 Å². The van der Waals surface area contributed by atoms with E-state index in [0.717, 1.165) is 63.7 Å². The van der Waals surface area contributed by atoms with Crippen LogP contribution in [0.25, 0.3) is 0 Å². The van der Waals surface area contributed by atoms with Crippen LogP contribution in [0.3, 0.4) is 0 Å². The lowest BCUT2D eigenvalue weighted by atomic mass is 10.0. The maximum atomic E-state index is 12.7. The van der Waals surface area contributed by atoms with Crippen LogP contribution in [0.1, 0.15) is 207 Å². The van der Waals surface area contributed by atoms with Crippen LogP contribution in [0.4, 0.5) is 0 Å². The second kappa shape index (κ2) is 42.6. The maximum absolute atomic E-state index is 12.7. The van der Waals surface area contributed by atoms with Crippen LogP contribution in [0.5, 0.6) is 0 Å². The Bertz CT molecular complexity index is 1300. The van der Waals surface area contributed by atoms with Crippen molar-refractivity contribution < 1.29 is 66.7 Å². The molecule has 5 N–H and O–H groups in total. The van der Waals surface area contributed by atoms with Gasteiger partial charge in [0.2, 0.25) is 0 Å². The predicted molar refractivity (Wildman–Crippen MR) is 254 cm³/mol. The van der Waals surface area contributed by atoms with E-state index in [1.807, 2.05) is 18.2 Å². The first-order valence-corrected chi connectivity index (χ1v) is 27.7. The number of ether oxygens (including phenoxy) is 2. The van der Waals surface area contributed by atoms with Gasteiger partial charge in [0.15, 0.2) is 6.10 Å². The summed E-state index contributed by atoms with van der Waals surface area (Å²) in [6, 6.07) is 0. The molecule has 0 amide bonds. The van der Waals surface area contributed by atoms with Crippen molar-refractivity contribution in [2.75, 3.05) is 26.4 Å². The Morgan fingerprint density at radius 2 is 0.984 bits per heavy atom. The van der Waals surface area contributed by atoms with Crippen LogP contribution in [0, 0.1) is 5.92 Å². The van der Waals surface area contributed by atoms with Crippen LogP contribution < -0.4 is 0 Å². The van der Waals surface area contributed by atoms with Crippen molar-refractivity contribution in [3.05, 3.63) is 36.5 Å². The minimum absolute atomic E-state index is 0.0631. The van der Waals surface area contributed by atoms with Crippen molar-refractivity contribution in [2.45, 2.75) is 225 Å². The normalized spacial score (nSPS) is 14.8. The van der Waals surface area contributed by atoms with E-state index in [4.69, 9.17) is 23.8 Å². The molecule has 4 atom stereocenters. The molecule has 0 bridgehead atoms. The van der Waals surface area contributed by atoms with Gasteiger partial charge in [0, 0.05) is 12.8 Å². The molecule has 16 heteroatoms. The molecular formula is C48H90O14P2. The Hall–Kier alpha value is -1.70. The van der Waals surface area contributed by atoms with Gasteiger partial charge < -0.3 is 34.4 Å². The number of carbonyl (C=O) groups excluding carboxylic acids is 2. The molecule has 0 radical (unpaired) electrons. The summed E-state index contributed by atoms with van der Waals surface area (Å²) in [5.74, 6) is -0.270. The Morgan fingerprint density at radius 3 is 1.48 bits per heavy atom. The molecule has 376 valence electrons. The number of hydrogen-bond donors (Lipinski definition) is 5. The fourth-order valence-electron chi connectivity index (χ4n) is 6.84. The van der Waals surface area contributed by atoms with Crippen LogP contribution in [-0.4, -0.2) is 81.6 Å². The quantitative estimate of drug-likeness (QED) is 0.0126. The number of rotatable bonds is 46. The molecule has 0 rings (SSSR count). The Kier molecular flexibility index (Phi) is 41.5. The van der Waals surface area contributed by atoms with Gasteiger partial charge >= 0.3 is 27.6 Å². The van der Waals surface area contributed by atoms with Crippen molar-refractivity contribution in [1.29, 1.82) is 0 Å². The summed E-state index contributed by atoms with van der Waals surface area (Å²) in [5.41, 5.74) is 0. The summed E-state index contributed by atoms with van der Waals surface area (Å²) in [6.07, 6.45) is 38.7. The smallest absolute Gasteiger partial charge is 0.462 e. The molecule has 0 saturated carbocycles. The van der Waals surface area contributed by atoms with Crippen molar-refractivity contribution >= 4 is 27.6 Å². The second-order valence-electron chi connectivity index (χ2n) is 17.4. The number of phosphoric ester groups is 2. The molecule has 0 aliphatic heterocycles. The summed E-state index contributed by atoms with van der Waals surface area (Å²) in [5, 5.41) is 19.9. The van der Waals surface area contributed by atoms with Gasteiger partial charge in [0.05, 0.1) is 25.9 Å². The zero-order chi connectivity index (χ0) is 47.6. The summed E-state index contributed by atoms with van der Waals surface area (Å²) < 4.78 is 47.9. The predicted octanol–water partition coefficient (Wildman–Crippen LogP) is 12.1. The number of carbonyl (C=O) groups is 2. The summed E-state index contributed by atoms with van der Waals surface area (Å²) in [7, 11) is -9.71. The van der Waals surface area contributed by atoms with Gasteiger partial charge in [-0.15, -0.1) is 0 Å². The second-order valence-corrected chi connectivity index (χ2v) is 20.1. The molecular weight excluding hydrogens is 862 g/mol. The Balaban J connectivity index is 4.44. The van der Waals surface area contributed by atoms with E-state index < -0.39 is 72.3 Å². The third kappa shape index (κ3) is 46.8.